The number of hydrogen-bond donors (Lipinski definition) is 2. The number of nitrogens with zero attached hydrogens (tertiary/aromatic N) is 1. The number of ether oxygens (including phenoxy) is 3. The first-order valence-electron chi connectivity index (χ1n) is 15.2. The molecule has 0 saturated carbocycles. The minimum atomic E-state index is -2.37. The van der Waals surface area contributed by atoms with Gasteiger partial charge in [0.2, 0.25) is 5.82 Å². The van der Waals surface area contributed by atoms with E-state index in [9.17, 15) is 36.6 Å². The Bertz CT molecular complexity index is 1600. The van der Waals surface area contributed by atoms with Crippen molar-refractivity contribution in [1.29, 1.82) is 0 Å². The Labute approximate surface area is 268 Å². The lowest BCUT2D eigenvalue weighted by Gasteiger charge is -2.38. The third-order valence-corrected chi connectivity index (χ3v) is 7.95. The maximum absolute atomic E-state index is 14.3. The standard InChI is InChI=1S/C34H35F5N2O6/c1-34(2,3)47-32(44)23-8-5-13-41(23)16-22-15-24(19-11-9-18(17-42)10-12-19)46-33(45-22)20-6-4-7-21(14-20)40-31(43)25-26(35)28(37)30(39)29(38)27(25)36/h4,6-7,9-12,14,22-24,33,42H,5,8,13,15-17H2,1-3H3,(H,40,43). The number of aliphatic hydroxyl groups excluding tert-OH is 1. The molecular formula is C34H35F5N2O6. The number of carbonyl (C=O) groups excluding carboxylic acids is 2. The lowest BCUT2D eigenvalue weighted by Crippen LogP contribution is -2.45. The topological polar surface area (TPSA) is 97.3 Å². The number of hydrogen-bond acceptors (Lipinski definition) is 7. The maximum Gasteiger partial charge on any atom is 0.323 e. The largest absolute Gasteiger partial charge is 0.459 e. The van der Waals surface area contributed by atoms with E-state index in [2.05, 4.69) is 5.32 Å². The van der Waals surface area contributed by atoms with Crippen molar-refractivity contribution in [3.05, 3.63) is 99.9 Å². The number of carbonyl (C=O) groups is 2. The summed E-state index contributed by atoms with van der Waals surface area (Å²) in [4.78, 5) is 27.7. The van der Waals surface area contributed by atoms with Crippen molar-refractivity contribution >= 4 is 17.6 Å². The van der Waals surface area contributed by atoms with Crippen LogP contribution in [0.15, 0.2) is 48.5 Å². The number of esters is 1. The molecule has 0 bridgehead atoms. The van der Waals surface area contributed by atoms with Crippen molar-refractivity contribution in [2.75, 3.05) is 18.4 Å². The summed E-state index contributed by atoms with van der Waals surface area (Å²) in [5.74, 6) is -13.2. The molecule has 4 atom stereocenters. The molecule has 47 heavy (non-hydrogen) atoms. The molecular weight excluding hydrogens is 627 g/mol. The van der Waals surface area contributed by atoms with Gasteiger partial charge in [0.25, 0.3) is 5.91 Å². The summed E-state index contributed by atoms with van der Waals surface area (Å²) >= 11 is 0. The molecule has 0 aliphatic carbocycles. The van der Waals surface area contributed by atoms with Crippen LogP contribution < -0.4 is 5.32 Å². The third kappa shape index (κ3) is 7.81. The number of rotatable bonds is 8. The van der Waals surface area contributed by atoms with Crippen molar-refractivity contribution in [2.45, 2.75) is 76.8 Å². The highest BCUT2D eigenvalue weighted by molar-refractivity contribution is 6.04. The van der Waals surface area contributed by atoms with E-state index in [-0.39, 0.29) is 18.3 Å². The van der Waals surface area contributed by atoms with Crippen molar-refractivity contribution in [3.63, 3.8) is 0 Å². The minimum Gasteiger partial charge on any atom is -0.459 e. The number of aliphatic hydroxyl groups is 1. The van der Waals surface area contributed by atoms with Gasteiger partial charge in [-0.25, -0.2) is 22.0 Å². The first-order valence-corrected chi connectivity index (χ1v) is 15.2. The highest BCUT2D eigenvalue weighted by atomic mass is 19.2. The van der Waals surface area contributed by atoms with Gasteiger partial charge >= 0.3 is 5.97 Å². The van der Waals surface area contributed by atoms with Crippen LogP contribution in [0.3, 0.4) is 0 Å². The number of nitrogens with one attached hydrogen (secondary N) is 1. The Hall–Kier alpha value is -3.91. The monoisotopic (exact) mass is 662 g/mol. The van der Waals surface area contributed by atoms with Gasteiger partial charge in [-0.15, -0.1) is 0 Å². The van der Waals surface area contributed by atoms with E-state index < -0.39 is 70.7 Å². The van der Waals surface area contributed by atoms with Gasteiger partial charge in [0.05, 0.1) is 18.8 Å². The Morgan fingerprint density at radius 2 is 1.60 bits per heavy atom. The molecule has 2 fully saturated rings. The normalized spacial score (nSPS) is 21.9. The number of anilines is 1. The van der Waals surface area contributed by atoms with E-state index in [0.717, 1.165) is 12.0 Å². The molecule has 2 N–H and O–H groups in total. The predicted octanol–water partition coefficient (Wildman–Crippen LogP) is 6.48. The fraction of sp³-hybridized carbons (Fsp3) is 0.412. The van der Waals surface area contributed by atoms with Crippen molar-refractivity contribution in [3.8, 4) is 0 Å². The van der Waals surface area contributed by atoms with Crippen LogP contribution in [-0.4, -0.2) is 52.7 Å². The zero-order chi connectivity index (χ0) is 34.0. The molecule has 2 heterocycles. The van der Waals surface area contributed by atoms with Gasteiger partial charge in [-0.05, 0) is 63.4 Å². The first-order chi connectivity index (χ1) is 22.3. The predicted molar refractivity (Wildman–Crippen MR) is 159 cm³/mol. The van der Waals surface area contributed by atoms with Crippen LogP contribution in [-0.2, 0) is 25.6 Å². The molecule has 0 spiro atoms. The second-order valence-electron chi connectivity index (χ2n) is 12.6. The van der Waals surface area contributed by atoms with E-state index in [0.29, 0.717) is 37.1 Å². The molecule has 1 amide bonds. The molecule has 4 unspecified atom stereocenters. The first kappa shape index (κ1) is 34.4. The van der Waals surface area contributed by atoms with Gasteiger partial charge < -0.3 is 24.6 Å². The van der Waals surface area contributed by atoms with E-state index >= 15 is 0 Å². The lowest BCUT2D eigenvalue weighted by atomic mass is 9.99. The van der Waals surface area contributed by atoms with Crippen LogP contribution in [0.2, 0.25) is 0 Å². The fourth-order valence-corrected chi connectivity index (χ4v) is 5.74. The van der Waals surface area contributed by atoms with Gasteiger partial charge in [0, 0.05) is 24.2 Å². The molecule has 8 nitrogen and oxygen atoms in total. The van der Waals surface area contributed by atoms with Crippen molar-refractivity contribution < 1.29 is 50.9 Å². The number of amides is 1. The molecule has 3 aromatic carbocycles. The Morgan fingerprint density at radius 1 is 0.936 bits per heavy atom. The fourth-order valence-electron chi connectivity index (χ4n) is 5.74. The average Bonchev–Trinajstić information content (AvgIpc) is 3.50. The van der Waals surface area contributed by atoms with Gasteiger partial charge in [-0.2, -0.15) is 0 Å². The summed E-state index contributed by atoms with van der Waals surface area (Å²) in [7, 11) is 0. The SMILES string of the molecule is CC(C)(C)OC(=O)C1CCCN1CC1CC(c2ccc(CO)cc2)OC(c2cccc(NC(=O)c3c(F)c(F)c(F)c(F)c3F)c2)O1. The van der Waals surface area contributed by atoms with Gasteiger partial charge in [0.15, 0.2) is 29.6 Å². The summed E-state index contributed by atoms with van der Waals surface area (Å²) in [6, 6.07) is 12.7. The Balaban J connectivity index is 1.39. The Kier molecular flexibility index (Phi) is 10.3. The van der Waals surface area contributed by atoms with E-state index in [1.165, 1.54) is 18.2 Å². The smallest absolute Gasteiger partial charge is 0.323 e. The summed E-state index contributed by atoms with van der Waals surface area (Å²) in [5.41, 5.74) is -0.362. The summed E-state index contributed by atoms with van der Waals surface area (Å²) in [6.07, 6.45) is -0.0777. The third-order valence-electron chi connectivity index (χ3n) is 7.95. The van der Waals surface area contributed by atoms with E-state index in [4.69, 9.17) is 14.2 Å². The number of halogens is 5. The van der Waals surface area contributed by atoms with Crippen LogP contribution in [0, 0.1) is 29.1 Å². The van der Waals surface area contributed by atoms with Crippen LogP contribution in [0.25, 0.3) is 0 Å². The quantitative estimate of drug-likeness (QED) is 0.123. The van der Waals surface area contributed by atoms with Crippen LogP contribution in [0.1, 0.15) is 79.5 Å². The number of benzene rings is 3. The van der Waals surface area contributed by atoms with Crippen LogP contribution in [0.4, 0.5) is 27.6 Å². The second kappa shape index (κ2) is 14.1. The second-order valence-corrected chi connectivity index (χ2v) is 12.6. The lowest BCUT2D eigenvalue weighted by molar-refractivity contribution is -0.253. The van der Waals surface area contributed by atoms with Crippen LogP contribution in [0.5, 0.6) is 0 Å². The molecule has 3 aromatic rings. The molecule has 2 saturated heterocycles. The molecule has 5 rings (SSSR count). The van der Waals surface area contributed by atoms with Gasteiger partial charge in [-0.3, -0.25) is 14.5 Å². The summed E-state index contributed by atoms with van der Waals surface area (Å²) in [6.45, 7) is 6.33. The Morgan fingerprint density at radius 3 is 2.23 bits per heavy atom. The highest BCUT2D eigenvalue weighted by Gasteiger charge is 2.39. The van der Waals surface area contributed by atoms with E-state index in [1.54, 1.807) is 18.2 Å². The maximum atomic E-state index is 14.3. The van der Waals surface area contributed by atoms with Crippen molar-refractivity contribution in [1.82, 2.24) is 4.90 Å². The molecule has 13 heteroatoms. The molecule has 0 radical (unpaired) electrons. The van der Waals surface area contributed by atoms with Gasteiger partial charge in [0.1, 0.15) is 17.2 Å². The zero-order valence-electron chi connectivity index (χ0n) is 26.0. The molecule has 2 aliphatic rings. The molecule has 0 aromatic heterocycles. The minimum absolute atomic E-state index is 0.0147. The highest BCUT2D eigenvalue weighted by Crippen LogP contribution is 2.39. The van der Waals surface area contributed by atoms with E-state index in [1.807, 2.05) is 37.8 Å². The van der Waals surface area contributed by atoms with Crippen molar-refractivity contribution in [2.24, 2.45) is 0 Å². The average molecular weight is 663 g/mol. The summed E-state index contributed by atoms with van der Waals surface area (Å²) in [5, 5.41) is 11.7. The zero-order valence-corrected chi connectivity index (χ0v) is 26.0. The summed E-state index contributed by atoms with van der Waals surface area (Å²) < 4.78 is 87.9. The molecule has 2 aliphatic heterocycles. The molecule has 252 valence electrons. The number of likely N-dealkylation sites (tertiary alicyclic amines) is 1. The van der Waals surface area contributed by atoms with Gasteiger partial charge in [-0.1, -0.05) is 36.4 Å². The van der Waals surface area contributed by atoms with Crippen LogP contribution >= 0.6 is 0 Å².